The first-order chi connectivity index (χ1) is 14.6. The van der Waals surface area contributed by atoms with Crippen molar-refractivity contribution in [2.75, 3.05) is 27.0 Å². The fourth-order valence-electron chi connectivity index (χ4n) is 4.40. The molecule has 156 valence electrons. The minimum Gasteiger partial charge on any atom is -0.496 e. The molecular formula is C24H25NO5. The second-order valence-electron chi connectivity index (χ2n) is 7.98. The highest BCUT2D eigenvalue weighted by Gasteiger charge is 2.36. The number of ketones is 1. The van der Waals surface area contributed by atoms with Crippen LogP contribution in [-0.4, -0.2) is 43.8 Å². The molecular weight excluding hydrogens is 382 g/mol. The topological polar surface area (TPSA) is 57.2 Å². The van der Waals surface area contributed by atoms with Crippen LogP contribution in [0.1, 0.15) is 39.9 Å². The summed E-state index contributed by atoms with van der Waals surface area (Å²) < 4.78 is 23.3. The number of methoxy groups -OCH3 is 1. The lowest BCUT2D eigenvalue weighted by molar-refractivity contribution is 0.0273. The molecule has 3 heterocycles. The molecule has 0 saturated carbocycles. The zero-order valence-corrected chi connectivity index (χ0v) is 17.3. The molecule has 30 heavy (non-hydrogen) atoms. The Kier molecular flexibility index (Phi) is 4.97. The lowest BCUT2D eigenvalue weighted by Gasteiger charge is -2.31. The van der Waals surface area contributed by atoms with Crippen LogP contribution >= 0.6 is 0 Å². The summed E-state index contributed by atoms with van der Waals surface area (Å²) in [4.78, 5) is 15.4. The molecule has 0 amide bonds. The molecule has 0 N–H and O–H groups in total. The number of Topliss-reactive ketones (excluding diaryl/α,β-unsaturated/α-hetero) is 1. The Labute approximate surface area is 176 Å². The number of carbonyl (C=O) groups is 1. The molecule has 1 saturated heterocycles. The predicted molar refractivity (Wildman–Crippen MR) is 112 cm³/mol. The first-order valence-electron chi connectivity index (χ1n) is 10.3. The minimum atomic E-state index is -0.104. The number of nitrogens with zero attached hydrogens (tertiary/aromatic N) is 1. The van der Waals surface area contributed by atoms with Crippen LogP contribution in [0.5, 0.6) is 17.2 Å². The minimum absolute atomic E-state index is 0.104. The van der Waals surface area contributed by atoms with E-state index in [0.717, 1.165) is 48.4 Å². The fourth-order valence-corrected chi connectivity index (χ4v) is 4.40. The summed E-state index contributed by atoms with van der Waals surface area (Å²) in [6, 6.07) is 9.52. The van der Waals surface area contributed by atoms with Gasteiger partial charge in [-0.2, -0.15) is 0 Å². The average molecular weight is 407 g/mol. The van der Waals surface area contributed by atoms with Gasteiger partial charge in [0.2, 0.25) is 5.78 Å². The van der Waals surface area contributed by atoms with Crippen LogP contribution in [0.2, 0.25) is 0 Å². The highest BCUT2D eigenvalue weighted by Crippen LogP contribution is 2.44. The molecule has 6 nitrogen and oxygen atoms in total. The molecule has 0 spiro atoms. The van der Waals surface area contributed by atoms with Gasteiger partial charge in [0.05, 0.1) is 24.3 Å². The number of para-hydroxylation sites is 1. The summed E-state index contributed by atoms with van der Waals surface area (Å²) in [6.07, 6.45) is 4.19. The molecule has 1 fully saturated rings. The molecule has 0 aromatic heterocycles. The number of carbonyl (C=O) groups excluding carboxylic acids is 1. The number of hydrogen-bond acceptors (Lipinski definition) is 6. The third-order valence-corrected chi connectivity index (χ3v) is 5.90. The van der Waals surface area contributed by atoms with Crippen LogP contribution < -0.4 is 14.2 Å². The lowest BCUT2D eigenvalue weighted by atomic mass is 9.98. The standard InChI is InChI=1S/C24H25NO5/c1-15-10-20-18(13-25(14-29-20)12-17-7-5-9-28-17)24-22(15)23(26)21(30-24)11-16-6-3-4-8-19(16)27-2/h3-4,6,8,10-11,17H,5,7,9,12-14H2,1-2H3/b21-11-. The van der Waals surface area contributed by atoms with Crippen molar-refractivity contribution in [1.82, 2.24) is 4.90 Å². The lowest BCUT2D eigenvalue weighted by Crippen LogP contribution is -2.37. The normalized spacial score (nSPS) is 21.9. The second-order valence-corrected chi connectivity index (χ2v) is 7.98. The summed E-state index contributed by atoms with van der Waals surface area (Å²) in [7, 11) is 1.62. The number of fused-ring (bicyclic) bond motifs is 3. The van der Waals surface area contributed by atoms with Crippen molar-refractivity contribution in [3.63, 3.8) is 0 Å². The number of hydrogen-bond donors (Lipinski definition) is 0. The van der Waals surface area contributed by atoms with Crippen molar-refractivity contribution in [2.24, 2.45) is 0 Å². The summed E-state index contributed by atoms with van der Waals surface area (Å²) in [6.45, 7) is 4.77. The molecule has 0 bridgehead atoms. The maximum absolute atomic E-state index is 13.2. The molecule has 2 aromatic carbocycles. The van der Waals surface area contributed by atoms with Gasteiger partial charge in [-0.05, 0) is 43.5 Å². The van der Waals surface area contributed by atoms with E-state index in [9.17, 15) is 4.79 Å². The van der Waals surface area contributed by atoms with E-state index in [1.807, 2.05) is 37.3 Å². The van der Waals surface area contributed by atoms with Gasteiger partial charge in [-0.25, -0.2) is 0 Å². The van der Waals surface area contributed by atoms with Crippen LogP contribution in [0.4, 0.5) is 0 Å². The van der Waals surface area contributed by atoms with E-state index in [1.165, 1.54) is 0 Å². The number of allylic oxidation sites excluding steroid dienone is 1. The van der Waals surface area contributed by atoms with Gasteiger partial charge in [-0.3, -0.25) is 9.69 Å². The molecule has 1 unspecified atom stereocenters. The maximum Gasteiger partial charge on any atom is 0.232 e. The maximum atomic E-state index is 13.2. The highest BCUT2D eigenvalue weighted by atomic mass is 16.5. The molecule has 2 aromatic rings. The zero-order valence-electron chi connectivity index (χ0n) is 17.3. The Hall–Kier alpha value is -2.83. The van der Waals surface area contributed by atoms with Gasteiger partial charge in [-0.1, -0.05) is 18.2 Å². The molecule has 3 aliphatic rings. The smallest absolute Gasteiger partial charge is 0.232 e. The Morgan fingerprint density at radius 3 is 2.97 bits per heavy atom. The van der Waals surface area contributed by atoms with Crippen LogP contribution in [-0.2, 0) is 11.3 Å². The number of ether oxygens (including phenoxy) is 4. The van der Waals surface area contributed by atoms with Crippen molar-refractivity contribution in [3.05, 3.63) is 58.3 Å². The van der Waals surface area contributed by atoms with Gasteiger partial charge in [0.1, 0.15) is 24.0 Å². The van der Waals surface area contributed by atoms with Gasteiger partial charge in [-0.15, -0.1) is 0 Å². The molecule has 0 aliphatic carbocycles. The van der Waals surface area contributed by atoms with Crippen molar-refractivity contribution in [3.8, 4) is 17.2 Å². The quantitative estimate of drug-likeness (QED) is 0.716. The van der Waals surface area contributed by atoms with E-state index >= 15 is 0 Å². The zero-order chi connectivity index (χ0) is 20.7. The highest BCUT2D eigenvalue weighted by molar-refractivity contribution is 6.16. The van der Waals surface area contributed by atoms with Crippen LogP contribution in [0, 0.1) is 6.92 Å². The first-order valence-corrected chi connectivity index (χ1v) is 10.3. The van der Waals surface area contributed by atoms with Gasteiger partial charge in [0, 0.05) is 25.3 Å². The molecule has 0 radical (unpaired) electrons. The van der Waals surface area contributed by atoms with E-state index in [-0.39, 0.29) is 11.9 Å². The third-order valence-electron chi connectivity index (χ3n) is 5.90. The van der Waals surface area contributed by atoms with Gasteiger partial charge in [0.25, 0.3) is 0 Å². The van der Waals surface area contributed by atoms with Crippen LogP contribution in [0.15, 0.2) is 36.1 Å². The Morgan fingerprint density at radius 1 is 1.30 bits per heavy atom. The largest absolute Gasteiger partial charge is 0.496 e. The van der Waals surface area contributed by atoms with E-state index in [1.54, 1.807) is 13.2 Å². The van der Waals surface area contributed by atoms with Gasteiger partial charge in [0.15, 0.2) is 5.76 Å². The Morgan fingerprint density at radius 2 is 2.17 bits per heavy atom. The monoisotopic (exact) mass is 407 g/mol. The van der Waals surface area contributed by atoms with Gasteiger partial charge < -0.3 is 18.9 Å². The third kappa shape index (κ3) is 3.36. The van der Waals surface area contributed by atoms with Gasteiger partial charge >= 0.3 is 0 Å². The second kappa shape index (κ2) is 7.78. The molecule has 5 rings (SSSR count). The number of benzene rings is 2. The Balaban J connectivity index is 1.47. The SMILES string of the molecule is COc1ccccc1/C=C1\Oc2c3c(cc(C)c2C1=O)OCN(CC1CCCO1)C3. The average Bonchev–Trinajstić information content (AvgIpc) is 3.37. The number of rotatable bonds is 4. The van der Waals surface area contributed by atoms with E-state index in [4.69, 9.17) is 18.9 Å². The van der Waals surface area contributed by atoms with Crippen molar-refractivity contribution in [1.29, 1.82) is 0 Å². The summed E-state index contributed by atoms with van der Waals surface area (Å²) >= 11 is 0. The molecule has 3 aliphatic heterocycles. The summed E-state index contributed by atoms with van der Waals surface area (Å²) in [5.41, 5.74) is 3.22. The van der Waals surface area contributed by atoms with Crippen molar-refractivity contribution < 1.29 is 23.7 Å². The first kappa shape index (κ1) is 19.2. The molecule has 1 atom stereocenters. The van der Waals surface area contributed by atoms with Crippen molar-refractivity contribution >= 4 is 11.9 Å². The summed E-state index contributed by atoms with van der Waals surface area (Å²) in [5, 5.41) is 0. The molecule has 6 heteroatoms. The Bertz CT molecular complexity index is 1020. The van der Waals surface area contributed by atoms with E-state index in [2.05, 4.69) is 4.90 Å². The van der Waals surface area contributed by atoms with E-state index in [0.29, 0.717) is 36.1 Å². The van der Waals surface area contributed by atoms with Crippen LogP contribution in [0.3, 0.4) is 0 Å². The number of aryl methyl sites for hydroxylation is 1. The predicted octanol–water partition coefficient (Wildman–Crippen LogP) is 3.95. The fraction of sp³-hybridized carbons (Fsp3) is 0.375. The van der Waals surface area contributed by atoms with E-state index < -0.39 is 0 Å². The van der Waals surface area contributed by atoms with Crippen LogP contribution in [0.25, 0.3) is 6.08 Å². The summed E-state index contributed by atoms with van der Waals surface area (Å²) in [5.74, 6) is 2.31. The van der Waals surface area contributed by atoms with Crippen molar-refractivity contribution in [2.45, 2.75) is 32.4 Å².